The lowest BCUT2D eigenvalue weighted by atomic mass is 9.83. The molecular weight excluding hydrogens is 423 g/mol. The van der Waals surface area contributed by atoms with Crippen molar-refractivity contribution in [3.8, 4) is 29.0 Å². The average Bonchev–Trinajstić information content (AvgIpc) is 3.15. The Morgan fingerprint density at radius 2 is 1.87 bits per heavy atom. The van der Waals surface area contributed by atoms with Crippen molar-refractivity contribution < 1.29 is 9.47 Å². The summed E-state index contributed by atoms with van der Waals surface area (Å²) in [6.07, 6.45) is 0.929. The number of benzene rings is 2. The van der Waals surface area contributed by atoms with Gasteiger partial charge in [0.15, 0.2) is 0 Å². The van der Waals surface area contributed by atoms with Crippen molar-refractivity contribution in [2.75, 3.05) is 6.61 Å². The van der Waals surface area contributed by atoms with Crippen LogP contribution in [0.1, 0.15) is 30.4 Å². The number of fused-ring (bicyclic) bond motifs is 1. The van der Waals surface area contributed by atoms with Crippen molar-refractivity contribution in [2.45, 2.75) is 19.3 Å². The average molecular weight is 441 g/mol. The number of H-pyrrole nitrogens is 1. The van der Waals surface area contributed by atoms with Crippen LogP contribution < -0.4 is 15.2 Å². The molecule has 0 bridgehead atoms. The number of allylic oxidation sites excluding steroid dienone is 1. The Labute approximate surface area is 183 Å². The van der Waals surface area contributed by atoms with Crippen LogP contribution in [0.5, 0.6) is 11.6 Å². The van der Waals surface area contributed by atoms with E-state index < -0.39 is 5.92 Å². The standard InChI is InChI=1S/C22H18Cl2N4O2/c1-2-10-29-13-8-6-12(7-9-13)20-19-17(18-15(23)4-3-5-16(18)24)14(11-25)21(26)30-22(19)28-27-20/h3-9,17H,2,10,26H2,1H3,(H,27,28). The van der Waals surface area contributed by atoms with Gasteiger partial charge in [-0.25, -0.2) is 0 Å². The van der Waals surface area contributed by atoms with E-state index in [1.54, 1.807) is 18.2 Å². The van der Waals surface area contributed by atoms with E-state index in [4.69, 9.17) is 38.4 Å². The van der Waals surface area contributed by atoms with Crippen molar-refractivity contribution in [3.05, 3.63) is 75.1 Å². The third-order valence-electron chi connectivity index (χ3n) is 4.84. The second-order valence-electron chi connectivity index (χ2n) is 6.75. The van der Waals surface area contributed by atoms with Gasteiger partial charge in [0.1, 0.15) is 17.4 Å². The molecule has 0 radical (unpaired) electrons. The summed E-state index contributed by atoms with van der Waals surface area (Å²) < 4.78 is 11.3. The van der Waals surface area contributed by atoms with Crippen LogP contribution in [-0.2, 0) is 0 Å². The number of nitrogens with one attached hydrogen (secondary N) is 1. The molecule has 152 valence electrons. The van der Waals surface area contributed by atoms with Crippen LogP contribution >= 0.6 is 23.2 Å². The van der Waals surface area contributed by atoms with Crippen LogP contribution in [0.3, 0.4) is 0 Å². The third kappa shape index (κ3) is 3.47. The smallest absolute Gasteiger partial charge is 0.244 e. The molecular formula is C22H18Cl2N4O2. The Balaban J connectivity index is 1.87. The highest BCUT2D eigenvalue weighted by Crippen LogP contribution is 2.49. The van der Waals surface area contributed by atoms with Crippen molar-refractivity contribution in [2.24, 2.45) is 5.73 Å². The normalized spacial score (nSPS) is 15.3. The maximum absolute atomic E-state index is 9.82. The molecule has 0 saturated heterocycles. The quantitative estimate of drug-likeness (QED) is 0.553. The predicted molar refractivity (Wildman–Crippen MR) is 116 cm³/mol. The fraction of sp³-hybridized carbons (Fsp3) is 0.182. The van der Waals surface area contributed by atoms with E-state index in [0.29, 0.717) is 33.5 Å². The molecule has 4 rings (SSSR count). The van der Waals surface area contributed by atoms with Gasteiger partial charge in [0.25, 0.3) is 0 Å². The molecule has 1 aliphatic rings. The van der Waals surface area contributed by atoms with E-state index in [-0.39, 0.29) is 17.3 Å². The number of hydrogen-bond acceptors (Lipinski definition) is 5. The second-order valence-corrected chi connectivity index (χ2v) is 7.56. The molecule has 0 spiro atoms. The van der Waals surface area contributed by atoms with Crippen LogP contribution in [0.4, 0.5) is 0 Å². The van der Waals surface area contributed by atoms with Crippen molar-refractivity contribution in [1.82, 2.24) is 10.2 Å². The van der Waals surface area contributed by atoms with Crippen LogP contribution in [0.2, 0.25) is 10.0 Å². The summed E-state index contributed by atoms with van der Waals surface area (Å²) in [5.41, 5.74) is 9.02. The van der Waals surface area contributed by atoms with Gasteiger partial charge in [-0.05, 0) is 42.8 Å². The molecule has 2 heterocycles. The van der Waals surface area contributed by atoms with Crippen molar-refractivity contribution in [3.63, 3.8) is 0 Å². The molecule has 0 saturated carbocycles. The van der Waals surface area contributed by atoms with Gasteiger partial charge in [-0.1, -0.05) is 36.2 Å². The molecule has 8 heteroatoms. The summed E-state index contributed by atoms with van der Waals surface area (Å²) in [6.45, 7) is 2.70. The van der Waals surface area contributed by atoms with Crippen molar-refractivity contribution >= 4 is 23.2 Å². The molecule has 3 N–H and O–H groups in total. The molecule has 1 atom stereocenters. The maximum Gasteiger partial charge on any atom is 0.244 e. The highest BCUT2D eigenvalue weighted by molar-refractivity contribution is 6.36. The zero-order valence-corrected chi connectivity index (χ0v) is 17.6. The van der Waals surface area contributed by atoms with E-state index in [9.17, 15) is 5.26 Å². The summed E-state index contributed by atoms with van der Waals surface area (Å²) in [6, 6.07) is 14.9. The lowest BCUT2D eigenvalue weighted by molar-refractivity contribution is 0.317. The highest BCUT2D eigenvalue weighted by Gasteiger charge is 2.37. The third-order valence-corrected chi connectivity index (χ3v) is 5.50. The van der Waals surface area contributed by atoms with Crippen LogP contribution in [0.25, 0.3) is 11.3 Å². The van der Waals surface area contributed by atoms with Gasteiger partial charge < -0.3 is 15.2 Å². The summed E-state index contributed by atoms with van der Waals surface area (Å²) in [5.74, 6) is 0.420. The number of rotatable bonds is 5. The first-order chi connectivity index (χ1) is 14.5. The molecule has 1 aliphatic heterocycles. The number of ether oxygens (including phenoxy) is 2. The number of hydrogen-bond donors (Lipinski definition) is 2. The van der Waals surface area contributed by atoms with Gasteiger partial charge >= 0.3 is 0 Å². The first kappa shape index (κ1) is 20.1. The molecule has 0 aliphatic carbocycles. The number of aromatic amines is 1. The van der Waals surface area contributed by atoms with E-state index in [1.165, 1.54) is 0 Å². The maximum atomic E-state index is 9.82. The van der Waals surface area contributed by atoms with E-state index >= 15 is 0 Å². The molecule has 1 unspecified atom stereocenters. The molecule has 0 fully saturated rings. The van der Waals surface area contributed by atoms with Crippen LogP contribution in [0.15, 0.2) is 53.9 Å². The predicted octanol–water partition coefficient (Wildman–Crippen LogP) is 5.39. The summed E-state index contributed by atoms with van der Waals surface area (Å²) in [5, 5.41) is 17.9. The topological polar surface area (TPSA) is 97.0 Å². The highest BCUT2D eigenvalue weighted by atomic mass is 35.5. The van der Waals surface area contributed by atoms with E-state index in [1.807, 2.05) is 24.3 Å². The fourth-order valence-electron chi connectivity index (χ4n) is 3.48. The Hall–Kier alpha value is -3.14. The zero-order chi connectivity index (χ0) is 21.3. The van der Waals surface area contributed by atoms with Crippen molar-refractivity contribution in [1.29, 1.82) is 5.26 Å². The largest absolute Gasteiger partial charge is 0.494 e. The first-order valence-electron chi connectivity index (χ1n) is 9.38. The minimum absolute atomic E-state index is 0.0210. The SMILES string of the molecule is CCCOc1ccc(-c2[nH]nc3c2C(c2c(Cl)cccc2Cl)C(C#N)=C(N)O3)cc1. The summed E-state index contributed by atoms with van der Waals surface area (Å²) in [7, 11) is 0. The number of halogens is 2. The van der Waals surface area contributed by atoms with Crippen LogP contribution in [0, 0.1) is 11.3 Å². The minimum Gasteiger partial charge on any atom is -0.494 e. The van der Waals surface area contributed by atoms with Gasteiger partial charge in [-0.15, -0.1) is 5.10 Å². The lowest BCUT2D eigenvalue weighted by Gasteiger charge is -2.25. The molecule has 3 aromatic rings. The minimum atomic E-state index is -0.621. The molecule has 2 aromatic carbocycles. The van der Waals surface area contributed by atoms with E-state index in [2.05, 4.69) is 23.2 Å². The molecule has 30 heavy (non-hydrogen) atoms. The number of aromatic nitrogens is 2. The Kier molecular flexibility index (Phi) is 5.58. The van der Waals surface area contributed by atoms with Gasteiger partial charge in [-0.2, -0.15) is 5.26 Å². The van der Waals surface area contributed by atoms with Gasteiger partial charge in [0.2, 0.25) is 11.8 Å². The van der Waals surface area contributed by atoms with Gasteiger partial charge in [-0.3, -0.25) is 5.10 Å². The molecule has 0 amide bonds. The van der Waals surface area contributed by atoms with Crippen LogP contribution in [-0.4, -0.2) is 16.8 Å². The Morgan fingerprint density at radius 1 is 1.17 bits per heavy atom. The lowest BCUT2D eigenvalue weighted by Crippen LogP contribution is -2.21. The number of nitriles is 1. The molecule has 6 nitrogen and oxygen atoms in total. The summed E-state index contributed by atoms with van der Waals surface area (Å²) >= 11 is 13.0. The van der Waals surface area contributed by atoms with E-state index in [0.717, 1.165) is 17.7 Å². The fourth-order valence-corrected chi connectivity index (χ4v) is 4.09. The Morgan fingerprint density at radius 3 is 2.50 bits per heavy atom. The number of nitrogens with zero attached hydrogens (tertiary/aromatic N) is 2. The monoisotopic (exact) mass is 440 g/mol. The Bertz CT molecular complexity index is 1140. The zero-order valence-electron chi connectivity index (χ0n) is 16.1. The second kappa shape index (κ2) is 8.31. The number of nitrogens with two attached hydrogens (primary N) is 1. The molecule has 1 aromatic heterocycles. The summed E-state index contributed by atoms with van der Waals surface area (Å²) in [4.78, 5) is 0. The van der Waals surface area contributed by atoms with Gasteiger partial charge in [0, 0.05) is 21.2 Å². The van der Waals surface area contributed by atoms with Gasteiger partial charge in [0.05, 0.1) is 23.8 Å². The first-order valence-corrected chi connectivity index (χ1v) is 10.1.